The number of amides is 2. The molecule has 0 heterocycles. The molecule has 180 valence electrons. The van der Waals surface area contributed by atoms with Crippen LogP contribution in [0.1, 0.15) is 56.6 Å². The number of carbonyl (C=O) groups is 2. The zero-order chi connectivity index (χ0) is 24.8. The van der Waals surface area contributed by atoms with E-state index in [9.17, 15) is 22.4 Å². The Hall–Kier alpha value is -2.78. The van der Waals surface area contributed by atoms with Crippen LogP contribution in [0.3, 0.4) is 0 Å². The highest BCUT2D eigenvalue weighted by Crippen LogP contribution is 2.19. The molecule has 0 spiro atoms. The topological polar surface area (TPSA) is 95.6 Å². The van der Waals surface area contributed by atoms with Crippen LogP contribution < -0.4 is 10.6 Å². The van der Waals surface area contributed by atoms with Gasteiger partial charge in [0.05, 0.1) is 10.9 Å². The Morgan fingerprint density at radius 2 is 1.61 bits per heavy atom. The Balaban J connectivity index is 2.21. The molecule has 2 N–H and O–H groups in total. The van der Waals surface area contributed by atoms with E-state index in [0.717, 1.165) is 0 Å². The van der Waals surface area contributed by atoms with Gasteiger partial charge in [0.15, 0.2) is 0 Å². The SMILES string of the molecule is CCN(CC)S(=O)(=O)c1cccc(C(=O)N[C@H](C(=O)NC(C)c2ccccc2F)C(C)C)c1. The van der Waals surface area contributed by atoms with E-state index in [2.05, 4.69) is 10.6 Å². The lowest BCUT2D eigenvalue weighted by atomic mass is 10.0. The molecule has 7 nitrogen and oxygen atoms in total. The molecule has 0 saturated carbocycles. The first kappa shape index (κ1) is 26.5. The highest BCUT2D eigenvalue weighted by molar-refractivity contribution is 7.89. The molecule has 0 fully saturated rings. The van der Waals surface area contributed by atoms with E-state index in [1.165, 1.54) is 34.6 Å². The number of halogens is 1. The monoisotopic (exact) mass is 477 g/mol. The number of hydrogen-bond donors (Lipinski definition) is 2. The maximum Gasteiger partial charge on any atom is 0.251 e. The van der Waals surface area contributed by atoms with Crippen molar-refractivity contribution in [2.45, 2.75) is 51.6 Å². The van der Waals surface area contributed by atoms with E-state index in [1.807, 2.05) is 0 Å². The number of rotatable bonds is 10. The molecule has 0 radical (unpaired) electrons. The van der Waals surface area contributed by atoms with Gasteiger partial charge in [-0.3, -0.25) is 9.59 Å². The van der Waals surface area contributed by atoms with Crippen LogP contribution in [-0.2, 0) is 14.8 Å². The highest BCUT2D eigenvalue weighted by atomic mass is 32.2. The second-order valence-electron chi connectivity index (χ2n) is 8.06. The highest BCUT2D eigenvalue weighted by Gasteiger charge is 2.28. The fraction of sp³-hybridized carbons (Fsp3) is 0.417. The summed E-state index contributed by atoms with van der Waals surface area (Å²) in [7, 11) is -3.73. The van der Waals surface area contributed by atoms with E-state index < -0.39 is 39.7 Å². The van der Waals surface area contributed by atoms with Crippen LogP contribution in [0, 0.1) is 11.7 Å². The van der Waals surface area contributed by atoms with Crippen molar-refractivity contribution < 1.29 is 22.4 Å². The molecule has 9 heteroatoms. The van der Waals surface area contributed by atoms with Crippen molar-refractivity contribution in [2.75, 3.05) is 13.1 Å². The zero-order valence-electron chi connectivity index (χ0n) is 19.6. The average Bonchev–Trinajstić information content (AvgIpc) is 2.77. The number of hydrogen-bond acceptors (Lipinski definition) is 4. The summed E-state index contributed by atoms with van der Waals surface area (Å²) in [4.78, 5) is 25.8. The fourth-order valence-electron chi connectivity index (χ4n) is 3.48. The molecular formula is C24H32FN3O4S. The lowest BCUT2D eigenvalue weighted by Crippen LogP contribution is -2.50. The Morgan fingerprint density at radius 1 is 0.970 bits per heavy atom. The molecule has 0 saturated heterocycles. The Morgan fingerprint density at radius 3 is 2.18 bits per heavy atom. The molecule has 2 atom stereocenters. The van der Waals surface area contributed by atoms with Crippen molar-refractivity contribution in [3.05, 3.63) is 65.5 Å². The molecule has 2 amide bonds. The van der Waals surface area contributed by atoms with Crippen molar-refractivity contribution in [3.63, 3.8) is 0 Å². The van der Waals surface area contributed by atoms with E-state index in [1.54, 1.807) is 52.8 Å². The van der Waals surface area contributed by atoms with Gasteiger partial charge in [-0.05, 0) is 37.1 Å². The summed E-state index contributed by atoms with van der Waals surface area (Å²) in [5.74, 6) is -1.72. The summed E-state index contributed by atoms with van der Waals surface area (Å²) in [6, 6.07) is 10.4. The molecule has 0 aliphatic rings. The minimum atomic E-state index is -3.73. The molecule has 2 aromatic carbocycles. The van der Waals surface area contributed by atoms with Crippen LogP contribution in [0.15, 0.2) is 53.4 Å². The molecule has 33 heavy (non-hydrogen) atoms. The van der Waals surface area contributed by atoms with Gasteiger partial charge in [0, 0.05) is 24.2 Å². The second kappa shape index (κ2) is 11.4. The van der Waals surface area contributed by atoms with Gasteiger partial charge in [0.2, 0.25) is 15.9 Å². The Labute approximate surface area is 195 Å². The van der Waals surface area contributed by atoms with Gasteiger partial charge in [-0.1, -0.05) is 52.0 Å². The van der Waals surface area contributed by atoms with Crippen molar-refractivity contribution in [1.82, 2.24) is 14.9 Å². The third-order valence-electron chi connectivity index (χ3n) is 5.41. The lowest BCUT2D eigenvalue weighted by molar-refractivity contribution is -0.124. The van der Waals surface area contributed by atoms with Crippen LogP contribution in [0.4, 0.5) is 4.39 Å². The third-order valence-corrected chi connectivity index (χ3v) is 7.45. The quantitative estimate of drug-likeness (QED) is 0.548. The summed E-state index contributed by atoms with van der Waals surface area (Å²) in [5.41, 5.74) is 0.470. The second-order valence-corrected chi connectivity index (χ2v) is 10.0. The zero-order valence-corrected chi connectivity index (χ0v) is 20.4. The van der Waals surface area contributed by atoms with Crippen molar-refractivity contribution in [1.29, 1.82) is 0 Å². The van der Waals surface area contributed by atoms with E-state index in [-0.39, 0.29) is 16.4 Å². The van der Waals surface area contributed by atoms with Crippen molar-refractivity contribution >= 4 is 21.8 Å². The summed E-state index contributed by atoms with van der Waals surface area (Å²) < 4.78 is 40.9. The van der Waals surface area contributed by atoms with E-state index >= 15 is 0 Å². The number of sulfonamides is 1. The Bertz CT molecular complexity index is 1080. The van der Waals surface area contributed by atoms with Gasteiger partial charge < -0.3 is 10.6 Å². The van der Waals surface area contributed by atoms with Crippen LogP contribution in [0.2, 0.25) is 0 Å². The number of nitrogens with one attached hydrogen (secondary N) is 2. The molecule has 2 aromatic rings. The molecule has 0 bridgehead atoms. The maximum absolute atomic E-state index is 14.1. The van der Waals surface area contributed by atoms with Gasteiger partial charge in [-0.2, -0.15) is 4.31 Å². The first-order valence-electron chi connectivity index (χ1n) is 11.0. The smallest absolute Gasteiger partial charge is 0.251 e. The lowest BCUT2D eigenvalue weighted by Gasteiger charge is -2.24. The summed E-state index contributed by atoms with van der Waals surface area (Å²) in [6.07, 6.45) is 0. The fourth-order valence-corrected chi connectivity index (χ4v) is 4.98. The number of benzene rings is 2. The van der Waals surface area contributed by atoms with Crippen molar-refractivity contribution in [2.24, 2.45) is 5.92 Å². The van der Waals surface area contributed by atoms with Gasteiger partial charge in [-0.25, -0.2) is 12.8 Å². The molecule has 2 rings (SSSR count). The summed E-state index contributed by atoms with van der Waals surface area (Å²) >= 11 is 0. The number of nitrogens with zero attached hydrogens (tertiary/aromatic N) is 1. The molecular weight excluding hydrogens is 445 g/mol. The van der Waals surface area contributed by atoms with Crippen LogP contribution in [0.25, 0.3) is 0 Å². The number of carbonyl (C=O) groups excluding carboxylic acids is 2. The van der Waals surface area contributed by atoms with Crippen LogP contribution in [0.5, 0.6) is 0 Å². The average molecular weight is 478 g/mol. The first-order valence-corrected chi connectivity index (χ1v) is 12.4. The van der Waals surface area contributed by atoms with Gasteiger partial charge in [0.25, 0.3) is 5.91 Å². The maximum atomic E-state index is 14.1. The van der Waals surface area contributed by atoms with Crippen molar-refractivity contribution in [3.8, 4) is 0 Å². The summed E-state index contributed by atoms with van der Waals surface area (Å²) in [6.45, 7) is 9.32. The summed E-state index contributed by atoms with van der Waals surface area (Å²) in [5, 5.41) is 5.43. The predicted octanol–water partition coefficient (Wildman–Crippen LogP) is 3.49. The van der Waals surface area contributed by atoms with E-state index in [0.29, 0.717) is 18.7 Å². The standard InChI is InChI=1S/C24H32FN3O4S/c1-6-28(7-2)33(31,32)19-12-10-11-18(15-19)23(29)27-22(16(3)4)24(30)26-17(5)20-13-8-9-14-21(20)25/h8-17,22H,6-7H2,1-5H3,(H,26,30)(H,27,29)/t17?,22-/m0/s1. The molecule has 0 aromatic heterocycles. The van der Waals surface area contributed by atoms with E-state index in [4.69, 9.17) is 0 Å². The van der Waals surface area contributed by atoms with Gasteiger partial charge in [-0.15, -0.1) is 0 Å². The normalized spacial score (nSPS) is 13.6. The Kier molecular flexibility index (Phi) is 9.13. The molecule has 0 aliphatic heterocycles. The molecule has 1 unspecified atom stereocenters. The predicted molar refractivity (Wildman–Crippen MR) is 126 cm³/mol. The van der Waals surface area contributed by atoms with Crippen LogP contribution >= 0.6 is 0 Å². The minimum absolute atomic E-state index is 0.0116. The first-order chi connectivity index (χ1) is 15.5. The third kappa shape index (κ3) is 6.39. The van der Waals surface area contributed by atoms with Gasteiger partial charge in [0.1, 0.15) is 11.9 Å². The minimum Gasteiger partial charge on any atom is -0.348 e. The molecule has 0 aliphatic carbocycles. The largest absolute Gasteiger partial charge is 0.348 e. The van der Waals surface area contributed by atoms with Gasteiger partial charge >= 0.3 is 0 Å². The van der Waals surface area contributed by atoms with Crippen LogP contribution in [-0.4, -0.2) is 43.7 Å².